The van der Waals surface area contributed by atoms with Gasteiger partial charge < -0.3 is 14.6 Å². The van der Waals surface area contributed by atoms with Gasteiger partial charge >= 0.3 is 11.9 Å². The summed E-state index contributed by atoms with van der Waals surface area (Å²) in [4.78, 5) is 24.3. The molecular formula is C47H78O5. The fourth-order valence-corrected chi connectivity index (χ4v) is 5.45. The van der Waals surface area contributed by atoms with Crippen molar-refractivity contribution in [1.29, 1.82) is 0 Å². The van der Waals surface area contributed by atoms with E-state index in [-0.39, 0.29) is 31.6 Å². The van der Waals surface area contributed by atoms with E-state index in [4.69, 9.17) is 9.47 Å². The van der Waals surface area contributed by atoms with Crippen LogP contribution in [0.1, 0.15) is 181 Å². The van der Waals surface area contributed by atoms with E-state index < -0.39 is 6.10 Å². The zero-order chi connectivity index (χ0) is 37.8. The van der Waals surface area contributed by atoms with E-state index in [0.717, 1.165) is 51.4 Å². The lowest BCUT2D eigenvalue weighted by Gasteiger charge is -2.15. The molecule has 5 nitrogen and oxygen atoms in total. The van der Waals surface area contributed by atoms with E-state index >= 15 is 0 Å². The van der Waals surface area contributed by atoms with Gasteiger partial charge in [-0.2, -0.15) is 0 Å². The smallest absolute Gasteiger partial charge is 0.306 e. The summed E-state index contributed by atoms with van der Waals surface area (Å²) in [6.45, 7) is 4.01. The minimum Gasteiger partial charge on any atom is -0.462 e. The number of esters is 2. The quantitative estimate of drug-likeness (QED) is 0.0393. The van der Waals surface area contributed by atoms with Crippen molar-refractivity contribution in [2.45, 2.75) is 187 Å². The van der Waals surface area contributed by atoms with Gasteiger partial charge in [0.1, 0.15) is 6.61 Å². The highest BCUT2D eigenvalue weighted by Gasteiger charge is 2.15. The molecule has 0 spiro atoms. The van der Waals surface area contributed by atoms with Gasteiger partial charge in [-0.25, -0.2) is 0 Å². The number of carbonyl (C=O) groups is 2. The van der Waals surface area contributed by atoms with Crippen LogP contribution in [0.5, 0.6) is 0 Å². The first-order valence-electron chi connectivity index (χ1n) is 21.1. The van der Waals surface area contributed by atoms with E-state index in [9.17, 15) is 14.7 Å². The number of allylic oxidation sites excluding steroid dienone is 14. The molecule has 0 aromatic heterocycles. The molecule has 0 heterocycles. The van der Waals surface area contributed by atoms with Gasteiger partial charge in [0.05, 0.1) is 6.61 Å². The molecule has 0 aliphatic carbocycles. The molecule has 0 rings (SSSR count). The van der Waals surface area contributed by atoms with Gasteiger partial charge in [-0.05, 0) is 83.5 Å². The third kappa shape index (κ3) is 39.9. The van der Waals surface area contributed by atoms with Crippen molar-refractivity contribution in [3.8, 4) is 0 Å². The Morgan fingerprint density at radius 1 is 0.442 bits per heavy atom. The Bertz CT molecular complexity index is 999. The van der Waals surface area contributed by atoms with E-state index in [0.29, 0.717) is 12.8 Å². The number of rotatable bonds is 37. The van der Waals surface area contributed by atoms with Crippen LogP contribution in [-0.4, -0.2) is 36.4 Å². The number of hydrogen-bond donors (Lipinski definition) is 1. The van der Waals surface area contributed by atoms with Crippen LogP contribution >= 0.6 is 0 Å². The van der Waals surface area contributed by atoms with Crippen LogP contribution in [0.15, 0.2) is 85.1 Å². The molecule has 5 heteroatoms. The summed E-state index contributed by atoms with van der Waals surface area (Å²) in [5.41, 5.74) is 0. The maximum Gasteiger partial charge on any atom is 0.306 e. The molecule has 296 valence electrons. The molecular weight excluding hydrogens is 645 g/mol. The number of carbonyl (C=O) groups excluding carboxylic acids is 2. The van der Waals surface area contributed by atoms with Crippen molar-refractivity contribution in [2.24, 2.45) is 0 Å². The Hall–Kier alpha value is -2.92. The molecule has 0 aromatic rings. The van der Waals surface area contributed by atoms with Gasteiger partial charge in [0.25, 0.3) is 0 Å². The zero-order valence-electron chi connectivity index (χ0n) is 33.5. The highest BCUT2D eigenvalue weighted by molar-refractivity contribution is 5.70. The van der Waals surface area contributed by atoms with Gasteiger partial charge in [0.2, 0.25) is 0 Å². The summed E-state index contributed by atoms with van der Waals surface area (Å²) in [5.74, 6) is -0.697. The monoisotopic (exact) mass is 723 g/mol. The second-order valence-corrected chi connectivity index (χ2v) is 13.7. The summed E-state index contributed by atoms with van der Waals surface area (Å²) in [5, 5.41) is 9.57. The first-order chi connectivity index (χ1) is 25.6. The fourth-order valence-electron chi connectivity index (χ4n) is 5.45. The molecule has 0 radical (unpaired) electrons. The lowest BCUT2D eigenvalue weighted by atomic mass is 10.1. The minimum absolute atomic E-state index is 0.111. The lowest BCUT2D eigenvalue weighted by molar-refractivity contribution is -0.161. The van der Waals surface area contributed by atoms with E-state index in [2.05, 4.69) is 86.8 Å². The third-order valence-electron chi connectivity index (χ3n) is 8.67. The lowest BCUT2D eigenvalue weighted by Crippen LogP contribution is -2.28. The minimum atomic E-state index is -0.808. The molecule has 0 aliphatic heterocycles. The van der Waals surface area contributed by atoms with Crippen molar-refractivity contribution in [1.82, 2.24) is 0 Å². The molecule has 0 saturated carbocycles. The average Bonchev–Trinajstić information content (AvgIpc) is 3.15. The number of ether oxygens (including phenoxy) is 2. The first-order valence-corrected chi connectivity index (χ1v) is 21.1. The van der Waals surface area contributed by atoms with Crippen LogP contribution in [0.4, 0.5) is 0 Å². The Balaban J connectivity index is 3.69. The topological polar surface area (TPSA) is 72.8 Å². The van der Waals surface area contributed by atoms with Gasteiger partial charge in [-0.3, -0.25) is 9.59 Å². The fraction of sp³-hybridized carbons (Fsp3) is 0.660. The second kappa shape index (κ2) is 42.5. The molecule has 1 atom stereocenters. The average molecular weight is 723 g/mol. The Kier molecular flexibility index (Phi) is 40.1. The number of unbranched alkanes of at least 4 members (excludes halogenated alkanes) is 15. The van der Waals surface area contributed by atoms with Gasteiger partial charge in [-0.1, -0.05) is 170 Å². The predicted octanol–water partition coefficient (Wildman–Crippen LogP) is 13.5. The standard InChI is InChI=1S/C47H78O5/c1-3-5-7-9-11-13-15-17-19-21-23-25-27-29-31-33-35-37-39-41-46(49)51-44-45(43-48)52-47(50)42-40-38-36-34-32-30-28-26-24-22-20-18-16-14-12-10-8-6-4-2/h11-14,17-20,23,25,29,31,35,37,45,48H,3-10,15-16,21-22,24,26-28,30,32-34,36,38-44H2,1-2H3/b13-11-,14-12-,19-17-,20-18-,25-23-,31-29-,37-35-/t45-/m0/s1. The second-order valence-electron chi connectivity index (χ2n) is 13.7. The number of hydrogen-bond acceptors (Lipinski definition) is 5. The van der Waals surface area contributed by atoms with Crippen molar-refractivity contribution in [2.75, 3.05) is 13.2 Å². The maximum atomic E-state index is 12.2. The van der Waals surface area contributed by atoms with Crippen LogP contribution in [0, 0.1) is 0 Å². The molecule has 52 heavy (non-hydrogen) atoms. The highest BCUT2D eigenvalue weighted by Crippen LogP contribution is 2.13. The largest absolute Gasteiger partial charge is 0.462 e. The number of aliphatic hydroxyl groups excluding tert-OH is 1. The summed E-state index contributed by atoms with van der Waals surface area (Å²) in [6.07, 6.45) is 58.0. The SMILES string of the molecule is CCCCC/C=C\C/C=C\C/C=C\C/C=C\C/C=C\CCC(=O)OC[C@H](CO)OC(=O)CCCCCCCCCCC/C=C\C/C=C\CCCCC. The molecule has 0 bridgehead atoms. The van der Waals surface area contributed by atoms with Gasteiger partial charge in [0.15, 0.2) is 6.10 Å². The van der Waals surface area contributed by atoms with Crippen LogP contribution in [0.25, 0.3) is 0 Å². The van der Waals surface area contributed by atoms with Crippen LogP contribution in [0.3, 0.4) is 0 Å². The van der Waals surface area contributed by atoms with E-state index in [1.54, 1.807) is 0 Å². The van der Waals surface area contributed by atoms with Crippen molar-refractivity contribution in [3.05, 3.63) is 85.1 Å². The first kappa shape index (κ1) is 49.1. The van der Waals surface area contributed by atoms with Crippen molar-refractivity contribution >= 4 is 11.9 Å². The van der Waals surface area contributed by atoms with E-state index in [1.165, 1.54) is 96.3 Å². The summed E-state index contributed by atoms with van der Waals surface area (Å²) >= 11 is 0. The van der Waals surface area contributed by atoms with Crippen molar-refractivity contribution < 1.29 is 24.2 Å². The molecule has 0 amide bonds. The molecule has 0 aromatic carbocycles. The summed E-state index contributed by atoms with van der Waals surface area (Å²) in [6, 6.07) is 0. The van der Waals surface area contributed by atoms with Gasteiger partial charge in [0, 0.05) is 12.8 Å². The molecule has 1 N–H and O–H groups in total. The normalized spacial score (nSPS) is 13.1. The predicted molar refractivity (Wildman–Crippen MR) is 223 cm³/mol. The molecule has 0 saturated heterocycles. The number of aliphatic hydroxyl groups is 1. The summed E-state index contributed by atoms with van der Waals surface area (Å²) < 4.78 is 10.6. The van der Waals surface area contributed by atoms with Crippen LogP contribution < -0.4 is 0 Å². The Morgan fingerprint density at radius 3 is 1.23 bits per heavy atom. The van der Waals surface area contributed by atoms with E-state index in [1.807, 2.05) is 12.2 Å². The Morgan fingerprint density at radius 2 is 0.808 bits per heavy atom. The van der Waals surface area contributed by atoms with Gasteiger partial charge in [-0.15, -0.1) is 0 Å². The van der Waals surface area contributed by atoms with Crippen molar-refractivity contribution in [3.63, 3.8) is 0 Å². The zero-order valence-corrected chi connectivity index (χ0v) is 33.5. The highest BCUT2D eigenvalue weighted by atomic mass is 16.6. The Labute approximate surface area is 320 Å². The maximum absolute atomic E-state index is 12.2. The molecule has 0 aliphatic rings. The summed E-state index contributed by atoms with van der Waals surface area (Å²) in [7, 11) is 0. The third-order valence-corrected chi connectivity index (χ3v) is 8.67. The molecule has 0 unspecified atom stereocenters. The molecule has 0 fully saturated rings. The van der Waals surface area contributed by atoms with Crippen LogP contribution in [-0.2, 0) is 19.1 Å². The van der Waals surface area contributed by atoms with Crippen LogP contribution in [0.2, 0.25) is 0 Å².